The zero-order valence-corrected chi connectivity index (χ0v) is 13.2. The number of ether oxygens (including phenoxy) is 2. The Balaban J connectivity index is 1.94. The van der Waals surface area contributed by atoms with E-state index in [1.54, 1.807) is 13.4 Å². The van der Waals surface area contributed by atoms with Crippen LogP contribution in [0, 0.1) is 0 Å². The summed E-state index contributed by atoms with van der Waals surface area (Å²) in [5.41, 5.74) is 2.33. The lowest BCUT2D eigenvalue weighted by molar-refractivity contribution is 0.254. The largest absolute Gasteiger partial charge is 0.496 e. The lowest BCUT2D eigenvalue weighted by Crippen LogP contribution is -2.17. The van der Waals surface area contributed by atoms with E-state index >= 15 is 0 Å². The van der Waals surface area contributed by atoms with Crippen LogP contribution in [0.2, 0.25) is 0 Å². The predicted octanol–water partition coefficient (Wildman–Crippen LogP) is 1.88. The van der Waals surface area contributed by atoms with Gasteiger partial charge in [0.15, 0.2) is 0 Å². The normalized spacial score (nSPS) is 18.4. The van der Waals surface area contributed by atoms with Crippen LogP contribution in [0.5, 0.6) is 11.5 Å². The third-order valence-corrected chi connectivity index (χ3v) is 4.26. The number of benzene rings is 1. The molecule has 0 saturated heterocycles. The number of nitrogens with one attached hydrogen (secondary N) is 1. The van der Waals surface area contributed by atoms with Gasteiger partial charge in [-0.25, -0.2) is 0 Å². The molecule has 1 aromatic carbocycles. The standard InChI is InChI=1S/C15H23NO3S/c1-11-7-12-8-14(18-2)13(9-15(12)19-11)10-16-5-4-6-20(3)17/h8-9,11,16H,4-7,10H2,1-3H3. The Morgan fingerprint density at radius 2 is 2.30 bits per heavy atom. The van der Waals surface area contributed by atoms with Gasteiger partial charge in [-0.15, -0.1) is 0 Å². The van der Waals surface area contributed by atoms with Crippen molar-refractivity contribution in [1.29, 1.82) is 0 Å². The Hall–Kier alpha value is -1.07. The second-order valence-corrected chi connectivity index (χ2v) is 6.77. The van der Waals surface area contributed by atoms with Gasteiger partial charge in [0.1, 0.15) is 17.6 Å². The molecule has 112 valence electrons. The zero-order valence-electron chi connectivity index (χ0n) is 12.4. The molecule has 0 saturated carbocycles. The van der Waals surface area contributed by atoms with E-state index in [-0.39, 0.29) is 6.10 Å². The van der Waals surface area contributed by atoms with Crippen molar-refractivity contribution in [2.75, 3.05) is 25.7 Å². The molecule has 0 aromatic heterocycles. The van der Waals surface area contributed by atoms with Crippen LogP contribution >= 0.6 is 0 Å². The molecule has 2 atom stereocenters. The first-order valence-electron chi connectivity index (χ1n) is 6.97. The molecule has 0 bridgehead atoms. The molecule has 2 unspecified atom stereocenters. The van der Waals surface area contributed by atoms with Crippen molar-refractivity contribution < 1.29 is 13.7 Å². The number of hydrogen-bond acceptors (Lipinski definition) is 4. The summed E-state index contributed by atoms with van der Waals surface area (Å²) in [5, 5.41) is 3.36. The van der Waals surface area contributed by atoms with Gasteiger partial charge in [-0.05, 0) is 32.0 Å². The van der Waals surface area contributed by atoms with E-state index in [1.807, 2.05) is 0 Å². The minimum absolute atomic E-state index is 0.248. The Morgan fingerprint density at radius 1 is 1.50 bits per heavy atom. The highest BCUT2D eigenvalue weighted by Crippen LogP contribution is 2.34. The summed E-state index contributed by atoms with van der Waals surface area (Å²) in [6.45, 7) is 3.68. The number of methoxy groups -OCH3 is 1. The summed E-state index contributed by atoms with van der Waals surface area (Å²) in [6, 6.07) is 4.15. The fourth-order valence-corrected chi connectivity index (χ4v) is 2.98. The van der Waals surface area contributed by atoms with Crippen molar-refractivity contribution in [2.24, 2.45) is 0 Å². The Morgan fingerprint density at radius 3 is 3.00 bits per heavy atom. The molecule has 4 nitrogen and oxygen atoms in total. The van der Waals surface area contributed by atoms with Crippen molar-refractivity contribution in [2.45, 2.75) is 32.4 Å². The van der Waals surface area contributed by atoms with Crippen molar-refractivity contribution in [1.82, 2.24) is 5.32 Å². The molecule has 1 heterocycles. The highest BCUT2D eigenvalue weighted by Gasteiger charge is 2.21. The minimum Gasteiger partial charge on any atom is -0.496 e. The van der Waals surface area contributed by atoms with Crippen molar-refractivity contribution in [3.8, 4) is 11.5 Å². The lowest BCUT2D eigenvalue weighted by Gasteiger charge is -2.12. The summed E-state index contributed by atoms with van der Waals surface area (Å²) in [7, 11) is 0.991. The Kier molecular flexibility index (Phi) is 5.43. The summed E-state index contributed by atoms with van der Waals surface area (Å²) in [4.78, 5) is 0. The van der Waals surface area contributed by atoms with E-state index in [2.05, 4.69) is 24.4 Å². The third kappa shape index (κ3) is 3.96. The summed E-state index contributed by atoms with van der Waals surface area (Å²) in [5.74, 6) is 2.63. The molecular formula is C15H23NO3S. The molecule has 1 aliphatic rings. The maximum Gasteiger partial charge on any atom is 0.123 e. The van der Waals surface area contributed by atoms with E-state index in [1.165, 1.54) is 5.56 Å². The van der Waals surface area contributed by atoms with E-state index in [0.29, 0.717) is 0 Å². The van der Waals surface area contributed by atoms with Crippen LogP contribution in [0.25, 0.3) is 0 Å². The van der Waals surface area contributed by atoms with Gasteiger partial charge in [-0.2, -0.15) is 0 Å². The van der Waals surface area contributed by atoms with E-state index in [9.17, 15) is 4.21 Å². The highest BCUT2D eigenvalue weighted by atomic mass is 32.2. The van der Waals surface area contributed by atoms with Gasteiger partial charge in [-0.3, -0.25) is 4.21 Å². The predicted molar refractivity (Wildman–Crippen MR) is 82.0 cm³/mol. The van der Waals surface area contributed by atoms with E-state index < -0.39 is 10.8 Å². The molecule has 1 N–H and O–H groups in total. The van der Waals surface area contributed by atoms with E-state index in [0.717, 1.165) is 48.7 Å². The van der Waals surface area contributed by atoms with Gasteiger partial charge < -0.3 is 14.8 Å². The molecule has 0 spiro atoms. The van der Waals surface area contributed by atoms with Crippen LogP contribution in [-0.2, 0) is 23.8 Å². The molecule has 0 amide bonds. The zero-order chi connectivity index (χ0) is 14.5. The van der Waals surface area contributed by atoms with Crippen LogP contribution in [0.1, 0.15) is 24.5 Å². The fraction of sp³-hybridized carbons (Fsp3) is 0.600. The summed E-state index contributed by atoms with van der Waals surface area (Å²) >= 11 is 0. The maximum absolute atomic E-state index is 11.0. The quantitative estimate of drug-likeness (QED) is 0.781. The summed E-state index contributed by atoms with van der Waals surface area (Å²) in [6.07, 6.45) is 3.85. The molecule has 1 aromatic rings. The highest BCUT2D eigenvalue weighted by molar-refractivity contribution is 7.84. The first-order chi connectivity index (χ1) is 9.60. The van der Waals surface area contributed by atoms with Crippen LogP contribution in [0.3, 0.4) is 0 Å². The third-order valence-electron chi connectivity index (χ3n) is 3.40. The van der Waals surface area contributed by atoms with Gasteiger partial charge in [0, 0.05) is 46.9 Å². The van der Waals surface area contributed by atoms with Gasteiger partial charge in [0.05, 0.1) is 7.11 Å². The molecule has 5 heteroatoms. The molecule has 0 fully saturated rings. The lowest BCUT2D eigenvalue weighted by atomic mass is 10.1. The number of fused-ring (bicyclic) bond motifs is 1. The average molecular weight is 297 g/mol. The first-order valence-corrected chi connectivity index (χ1v) is 8.70. The molecule has 1 aliphatic heterocycles. The van der Waals surface area contributed by atoms with Crippen molar-refractivity contribution in [3.63, 3.8) is 0 Å². The van der Waals surface area contributed by atoms with Crippen LogP contribution in [-0.4, -0.2) is 36.0 Å². The van der Waals surface area contributed by atoms with Gasteiger partial charge in [0.25, 0.3) is 0 Å². The monoisotopic (exact) mass is 297 g/mol. The van der Waals surface area contributed by atoms with Gasteiger partial charge in [-0.1, -0.05) is 0 Å². The molecular weight excluding hydrogens is 274 g/mol. The maximum atomic E-state index is 11.0. The van der Waals surface area contributed by atoms with Crippen LogP contribution in [0.15, 0.2) is 12.1 Å². The number of hydrogen-bond donors (Lipinski definition) is 1. The molecule has 0 radical (unpaired) electrons. The molecule has 20 heavy (non-hydrogen) atoms. The fourth-order valence-electron chi connectivity index (χ4n) is 2.43. The smallest absolute Gasteiger partial charge is 0.123 e. The SMILES string of the molecule is COc1cc2c(cc1CNCCCS(C)=O)OC(C)C2. The minimum atomic E-state index is -0.708. The van der Waals surface area contributed by atoms with Crippen LogP contribution < -0.4 is 14.8 Å². The van der Waals surface area contributed by atoms with Crippen molar-refractivity contribution >= 4 is 10.8 Å². The Bertz CT molecular complexity index is 490. The molecule has 2 rings (SSSR count). The van der Waals surface area contributed by atoms with E-state index in [4.69, 9.17) is 9.47 Å². The topological polar surface area (TPSA) is 47.6 Å². The Labute approximate surface area is 123 Å². The molecule has 0 aliphatic carbocycles. The first kappa shape index (κ1) is 15.3. The second-order valence-electron chi connectivity index (χ2n) is 5.21. The van der Waals surface area contributed by atoms with Crippen molar-refractivity contribution in [3.05, 3.63) is 23.3 Å². The second kappa shape index (κ2) is 7.09. The van der Waals surface area contributed by atoms with Crippen LogP contribution in [0.4, 0.5) is 0 Å². The average Bonchev–Trinajstić information content (AvgIpc) is 2.76. The van der Waals surface area contributed by atoms with Gasteiger partial charge in [0.2, 0.25) is 0 Å². The van der Waals surface area contributed by atoms with Gasteiger partial charge >= 0.3 is 0 Å². The summed E-state index contributed by atoms with van der Waals surface area (Å²) < 4.78 is 22.2. The number of rotatable bonds is 7.